The van der Waals surface area contributed by atoms with Crippen LogP contribution in [0.15, 0.2) is 9.59 Å². The first-order valence-electron chi connectivity index (χ1n) is 7.58. The molecule has 1 fully saturated rings. The number of nitrogens with zero attached hydrogens (tertiary/aromatic N) is 2. The summed E-state index contributed by atoms with van der Waals surface area (Å²) in [6.07, 6.45) is 1.36. The molecule has 2 atom stereocenters. The number of carbonyl (C=O) groups is 2. The molecule has 1 aromatic heterocycles. The van der Waals surface area contributed by atoms with Gasteiger partial charge in [0.05, 0.1) is 5.92 Å². The van der Waals surface area contributed by atoms with Crippen molar-refractivity contribution < 1.29 is 14.3 Å². The summed E-state index contributed by atoms with van der Waals surface area (Å²) in [6.45, 7) is 3.50. The minimum absolute atomic E-state index is 0.169. The number of aromatic nitrogens is 2. The van der Waals surface area contributed by atoms with Gasteiger partial charge in [-0.2, -0.15) is 0 Å². The van der Waals surface area contributed by atoms with Gasteiger partial charge < -0.3 is 10.5 Å². The Morgan fingerprint density at radius 1 is 1.35 bits per heavy atom. The van der Waals surface area contributed by atoms with Crippen LogP contribution in [0.4, 0.5) is 5.82 Å². The van der Waals surface area contributed by atoms with Gasteiger partial charge in [-0.15, -0.1) is 0 Å². The molecule has 1 aliphatic rings. The van der Waals surface area contributed by atoms with E-state index in [0.717, 1.165) is 11.0 Å². The van der Waals surface area contributed by atoms with Gasteiger partial charge in [0.2, 0.25) is 5.78 Å². The van der Waals surface area contributed by atoms with E-state index >= 15 is 0 Å². The van der Waals surface area contributed by atoms with Crippen LogP contribution in [0.1, 0.15) is 37.0 Å². The van der Waals surface area contributed by atoms with Gasteiger partial charge in [-0.3, -0.25) is 23.5 Å². The summed E-state index contributed by atoms with van der Waals surface area (Å²) in [6, 6.07) is 0. The van der Waals surface area contributed by atoms with Crippen molar-refractivity contribution in [3.63, 3.8) is 0 Å². The van der Waals surface area contributed by atoms with Crippen LogP contribution >= 0.6 is 0 Å². The number of Topliss-reactive ketones (excluding diaryl/α,β-unsaturated/α-hetero) is 1. The smallest absolute Gasteiger partial charge is 0.332 e. The maximum absolute atomic E-state index is 12.2. The summed E-state index contributed by atoms with van der Waals surface area (Å²) in [5.74, 6) is -1.22. The second kappa shape index (κ2) is 6.39. The number of ether oxygens (including phenoxy) is 1. The molecular formula is C15H21N3O5. The lowest BCUT2D eigenvalue weighted by atomic mass is 10.2. The topological polar surface area (TPSA) is 113 Å². The van der Waals surface area contributed by atoms with Gasteiger partial charge in [-0.05, 0) is 18.8 Å². The molecule has 8 nitrogen and oxygen atoms in total. The maximum atomic E-state index is 12.2. The Bertz CT molecular complexity index is 762. The number of anilines is 1. The molecule has 2 N–H and O–H groups in total. The Labute approximate surface area is 132 Å². The molecule has 2 rings (SSSR count). The zero-order valence-electron chi connectivity index (χ0n) is 13.5. The highest BCUT2D eigenvalue weighted by Crippen LogP contribution is 2.38. The highest BCUT2D eigenvalue weighted by atomic mass is 16.5. The molecule has 1 saturated carbocycles. The van der Waals surface area contributed by atoms with E-state index in [1.54, 1.807) is 0 Å². The molecule has 126 valence electrons. The van der Waals surface area contributed by atoms with E-state index in [-0.39, 0.29) is 23.2 Å². The lowest BCUT2D eigenvalue weighted by Gasteiger charge is -2.13. The van der Waals surface area contributed by atoms with Crippen molar-refractivity contribution in [2.75, 3.05) is 12.3 Å². The maximum Gasteiger partial charge on any atom is 0.332 e. The van der Waals surface area contributed by atoms with Gasteiger partial charge in [-0.1, -0.05) is 13.8 Å². The molecule has 1 aromatic rings. The Kier molecular flexibility index (Phi) is 4.72. The summed E-state index contributed by atoms with van der Waals surface area (Å²) in [5, 5.41) is 0. The number of nitrogen functional groups attached to an aromatic ring is 1. The summed E-state index contributed by atoms with van der Waals surface area (Å²) in [5.41, 5.74) is 4.17. The largest absolute Gasteiger partial charge is 0.457 e. The molecule has 23 heavy (non-hydrogen) atoms. The van der Waals surface area contributed by atoms with E-state index in [9.17, 15) is 19.2 Å². The normalized spacial score (nSPS) is 19.4. The number of esters is 1. The van der Waals surface area contributed by atoms with Crippen LogP contribution in [0.3, 0.4) is 0 Å². The fourth-order valence-electron chi connectivity index (χ4n) is 2.45. The summed E-state index contributed by atoms with van der Waals surface area (Å²) < 4.78 is 6.97. The molecule has 0 aliphatic heterocycles. The van der Waals surface area contributed by atoms with E-state index in [4.69, 9.17) is 10.5 Å². The summed E-state index contributed by atoms with van der Waals surface area (Å²) >= 11 is 0. The van der Waals surface area contributed by atoms with E-state index in [2.05, 4.69) is 0 Å². The van der Waals surface area contributed by atoms with E-state index in [1.807, 2.05) is 13.8 Å². The molecule has 0 aromatic carbocycles. The van der Waals surface area contributed by atoms with Crippen molar-refractivity contribution in [2.45, 2.75) is 33.2 Å². The van der Waals surface area contributed by atoms with Crippen LogP contribution in [0.2, 0.25) is 0 Å². The van der Waals surface area contributed by atoms with Gasteiger partial charge in [0.25, 0.3) is 5.56 Å². The van der Waals surface area contributed by atoms with E-state index in [1.165, 1.54) is 11.6 Å². The number of hydrogen-bond donors (Lipinski definition) is 1. The Morgan fingerprint density at radius 3 is 2.48 bits per heavy atom. The lowest BCUT2D eigenvalue weighted by Crippen LogP contribution is -2.43. The Balaban J connectivity index is 2.27. The third-order valence-electron chi connectivity index (χ3n) is 4.07. The fraction of sp³-hybridized carbons (Fsp3) is 0.600. The third-order valence-corrected chi connectivity index (χ3v) is 4.07. The van der Waals surface area contributed by atoms with Gasteiger partial charge in [0.15, 0.2) is 6.61 Å². The number of hydrogen-bond acceptors (Lipinski definition) is 6. The molecular weight excluding hydrogens is 302 g/mol. The van der Waals surface area contributed by atoms with Gasteiger partial charge in [0.1, 0.15) is 11.4 Å². The zero-order chi connectivity index (χ0) is 17.3. The standard InChI is InChI=1S/C15H21N3O5/c1-4-5-18-12(16)11(13(20)17(3)15(18)22)10(19)7-23-14(21)9-6-8(9)2/h8-9H,4-7,16H2,1-3H3/t8-,9+/m1/s1. The van der Waals surface area contributed by atoms with Crippen LogP contribution in [-0.4, -0.2) is 27.5 Å². The minimum atomic E-state index is -0.777. The van der Waals surface area contributed by atoms with Crippen molar-refractivity contribution in [3.05, 3.63) is 26.4 Å². The first-order chi connectivity index (χ1) is 10.8. The number of carbonyl (C=O) groups excluding carboxylic acids is 2. The van der Waals surface area contributed by atoms with E-state index < -0.39 is 29.6 Å². The fourth-order valence-corrected chi connectivity index (χ4v) is 2.45. The molecule has 0 amide bonds. The first kappa shape index (κ1) is 17.0. The van der Waals surface area contributed by atoms with Crippen LogP contribution in [0.5, 0.6) is 0 Å². The second-order valence-corrected chi connectivity index (χ2v) is 5.91. The van der Waals surface area contributed by atoms with Crippen molar-refractivity contribution >= 4 is 17.6 Å². The SMILES string of the molecule is CCCn1c(N)c(C(=O)COC(=O)[C@H]2C[C@H]2C)c(=O)n(C)c1=O. The first-order valence-corrected chi connectivity index (χ1v) is 7.58. The van der Waals surface area contributed by atoms with Crippen molar-refractivity contribution in [1.29, 1.82) is 0 Å². The van der Waals surface area contributed by atoms with E-state index in [0.29, 0.717) is 13.0 Å². The predicted molar refractivity (Wildman–Crippen MR) is 83.2 cm³/mol. The summed E-state index contributed by atoms with van der Waals surface area (Å²) in [7, 11) is 1.28. The van der Waals surface area contributed by atoms with Crippen molar-refractivity contribution in [1.82, 2.24) is 9.13 Å². The highest BCUT2D eigenvalue weighted by Gasteiger charge is 2.40. The van der Waals surface area contributed by atoms with Crippen molar-refractivity contribution in [2.24, 2.45) is 18.9 Å². The Hall–Kier alpha value is -2.38. The highest BCUT2D eigenvalue weighted by molar-refractivity contribution is 6.01. The van der Waals surface area contributed by atoms with Crippen LogP contribution in [-0.2, 0) is 23.1 Å². The molecule has 8 heteroatoms. The molecule has 1 heterocycles. The third kappa shape index (κ3) is 3.20. The number of ketones is 1. The average Bonchev–Trinajstić information content (AvgIpc) is 3.24. The van der Waals surface area contributed by atoms with Gasteiger partial charge in [0, 0.05) is 13.6 Å². The molecule has 0 unspecified atom stereocenters. The quantitative estimate of drug-likeness (QED) is 0.578. The molecule has 0 bridgehead atoms. The number of nitrogens with two attached hydrogens (primary N) is 1. The molecule has 1 aliphatic carbocycles. The molecule has 0 radical (unpaired) electrons. The van der Waals surface area contributed by atoms with Crippen molar-refractivity contribution in [3.8, 4) is 0 Å². The van der Waals surface area contributed by atoms with Crippen LogP contribution in [0.25, 0.3) is 0 Å². The lowest BCUT2D eigenvalue weighted by molar-refractivity contribution is -0.144. The van der Waals surface area contributed by atoms with Crippen LogP contribution in [0, 0.1) is 11.8 Å². The van der Waals surface area contributed by atoms with Gasteiger partial charge in [-0.25, -0.2) is 4.79 Å². The average molecular weight is 323 g/mol. The summed E-state index contributed by atoms with van der Waals surface area (Å²) in [4.78, 5) is 48.1. The monoisotopic (exact) mass is 323 g/mol. The van der Waals surface area contributed by atoms with Crippen LogP contribution < -0.4 is 17.0 Å². The molecule has 0 saturated heterocycles. The Morgan fingerprint density at radius 2 is 1.96 bits per heavy atom. The predicted octanol–water partition coefficient (Wildman–Crippen LogP) is -0.0789. The zero-order valence-corrected chi connectivity index (χ0v) is 13.5. The molecule has 0 spiro atoms. The second-order valence-electron chi connectivity index (χ2n) is 5.91. The van der Waals surface area contributed by atoms with Gasteiger partial charge >= 0.3 is 11.7 Å². The number of rotatable bonds is 6. The minimum Gasteiger partial charge on any atom is -0.457 e.